The lowest BCUT2D eigenvalue weighted by Gasteiger charge is -2.31. The molecular weight excluding hydrogens is 228 g/mol. The Labute approximate surface area is 108 Å². The second kappa shape index (κ2) is 5.50. The van der Waals surface area contributed by atoms with Gasteiger partial charge in [-0.25, -0.2) is 0 Å². The Morgan fingerprint density at radius 1 is 1.33 bits per heavy atom. The average molecular weight is 248 g/mol. The average Bonchev–Trinajstić information content (AvgIpc) is 2.38. The second-order valence-corrected chi connectivity index (χ2v) is 4.94. The van der Waals surface area contributed by atoms with E-state index >= 15 is 0 Å². The Kier molecular flexibility index (Phi) is 3.99. The Balaban J connectivity index is 1.89. The van der Waals surface area contributed by atoms with Gasteiger partial charge in [0.05, 0.1) is 5.54 Å². The molecular formula is C14H20N2O2. The van der Waals surface area contributed by atoms with E-state index in [0.717, 1.165) is 5.56 Å². The number of carbonyl (C=O) groups is 1. The fraction of sp³-hybridized carbons (Fsp3) is 0.500. The van der Waals surface area contributed by atoms with Crippen molar-refractivity contribution in [1.82, 2.24) is 5.32 Å². The highest BCUT2D eigenvalue weighted by Crippen LogP contribution is 2.17. The quantitative estimate of drug-likeness (QED) is 0.842. The first-order chi connectivity index (χ1) is 8.60. The van der Waals surface area contributed by atoms with Gasteiger partial charge in [0, 0.05) is 19.8 Å². The molecule has 0 atom stereocenters. The van der Waals surface area contributed by atoms with E-state index < -0.39 is 5.54 Å². The van der Waals surface area contributed by atoms with Gasteiger partial charge in [-0.3, -0.25) is 4.79 Å². The molecule has 4 nitrogen and oxygen atoms in total. The van der Waals surface area contributed by atoms with Gasteiger partial charge in [-0.1, -0.05) is 29.8 Å². The Bertz CT molecular complexity index is 408. The van der Waals surface area contributed by atoms with Crippen molar-refractivity contribution in [3.8, 4) is 0 Å². The molecule has 1 saturated heterocycles. The first-order valence-corrected chi connectivity index (χ1v) is 6.31. The van der Waals surface area contributed by atoms with Crippen molar-refractivity contribution < 1.29 is 9.53 Å². The number of benzene rings is 1. The van der Waals surface area contributed by atoms with Gasteiger partial charge < -0.3 is 15.8 Å². The zero-order chi connectivity index (χ0) is 13.0. The third kappa shape index (κ3) is 3.09. The van der Waals surface area contributed by atoms with Crippen LogP contribution in [0.15, 0.2) is 24.3 Å². The van der Waals surface area contributed by atoms with Crippen LogP contribution in [0.5, 0.6) is 0 Å². The van der Waals surface area contributed by atoms with Crippen molar-refractivity contribution in [1.29, 1.82) is 0 Å². The van der Waals surface area contributed by atoms with E-state index in [9.17, 15) is 4.79 Å². The first-order valence-electron chi connectivity index (χ1n) is 6.31. The third-order valence-corrected chi connectivity index (χ3v) is 3.41. The molecule has 0 radical (unpaired) electrons. The Hall–Kier alpha value is -1.39. The first kappa shape index (κ1) is 13.1. The van der Waals surface area contributed by atoms with E-state index in [4.69, 9.17) is 10.5 Å². The van der Waals surface area contributed by atoms with Crippen LogP contribution in [0.2, 0.25) is 0 Å². The highest BCUT2D eigenvalue weighted by atomic mass is 16.5. The van der Waals surface area contributed by atoms with Crippen molar-refractivity contribution in [2.24, 2.45) is 5.73 Å². The predicted octanol–water partition coefficient (Wildman–Crippen LogP) is 1.12. The largest absolute Gasteiger partial charge is 0.381 e. The number of rotatable bonds is 3. The SMILES string of the molecule is Cc1ccc(CNC(=O)C2(N)CCOCC2)cc1. The number of hydrogen-bond donors (Lipinski definition) is 2. The molecule has 1 amide bonds. The summed E-state index contributed by atoms with van der Waals surface area (Å²) in [4.78, 5) is 12.1. The van der Waals surface area contributed by atoms with Crippen LogP contribution in [0.1, 0.15) is 24.0 Å². The number of hydrogen-bond acceptors (Lipinski definition) is 3. The highest BCUT2D eigenvalue weighted by Gasteiger charge is 2.35. The molecule has 1 aromatic carbocycles. The number of carbonyl (C=O) groups excluding carboxylic acids is 1. The molecule has 0 aromatic heterocycles. The fourth-order valence-electron chi connectivity index (χ4n) is 2.03. The van der Waals surface area contributed by atoms with Gasteiger partial charge in [0.25, 0.3) is 0 Å². The van der Waals surface area contributed by atoms with Gasteiger partial charge in [0.2, 0.25) is 5.91 Å². The number of aryl methyl sites for hydroxylation is 1. The molecule has 1 heterocycles. The van der Waals surface area contributed by atoms with Gasteiger partial charge >= 0.3 is 0 Å². The van der Waals surface area contributed by atoms with E-state index in [1.165, 1.54) is 5.56 Å². The van der Waals surface area contributed by atoms with Crippen molar-refractivity contribution in [2.45, 2.75) is 31.8 Å². The minimum Gasteiger partial charge on any atom is -0.381 e. The van der Waals surface area contributed by atoms with E-state index in [1.807, 2.05) is 31.2 Å². The highest BCUT2D eigenvalue weighted by molar-refractivity contribution is 5.86. The van der Waals surface area contributed by atoms with Gasteiger partial charge in [-0.15, -0.1) is 0 Å². The molecule has 0 bridgehead atoms. The molecule has 18 heavy (non-hydrogen) atoms. The number of ether oxygens (including phenoxy) is 1. The van der Waals surface area contributed by atoms with Gasteiger partial charge in [0.1, 0.15) is 0 Å². The molecule has 0 unspecified atom stereocenters. The predicted molar refractivity (Wildman–Crippen MR) is 70.0 cm³/mol. The molecule has 1 aliphatic heterocycles. The maximum Gasteiger partial charge on any atom is 0.240 e. The topological polar surface area (TPSA) is 64.4 Å². The van der Waals surface area contributed by atoms with Crippen molar-refractivity contribution in [2.75, 3.05) is 13.2 Å². The molecule has 0 spiro atoms. The van der Waals surface area contributed by atoms with Crippen molar-refractivity contribution >= 4 is 5.91 Å². The Morgan fingerprint density at radius 2 is 1.94 bits per heavy atom. The van der Waals surface area contributed by atoms with Crippen LogP contribution in [-0.4, -0.2) is 24.7 Å². The zero-order valence-corrected chi connectivity index (χ0v) is 10.7. The smallest absolute Gasteiger partial charge is 0.240 e. The summed E-state index contributed by atoms with van der Waals surface area (Å²) in [6.45, 7) is 3.70. The van der Waals surface area contributed by atoms with Crippen LogP contribution in [0, 0.1) is 6.92 Å². The zero-order valence-electron chi connectivity index (χ0n) is 10.7. The van der Waals surface area contributed by atoms with E-state index in [1.54, 1.807) is 0 Å². The van der Waals surface area contributed by atoms with E-state index in [0.29, 0.717) is 32.6 Å². The molecule has 1 aromatic rings. The standard InChI is InChI=1S/C14H20N2O2/c1-11-2-4-12(5-3-11)10-16-13(17)14(15)6-8-18-9-7-14/h2-5H,6-10,15H2,1H3,(H,16,17). The summed E-state index contributed by atoms with van der Waals surface area (Å²) in [7, 11) is 0. The van der Waals surface area contributed by atoms with Gasteiger partial charge in [-0.2, -0.15) is 0 Å². The van der Waals surface area contributed by atoms with Crippen LogP contribution < -0.4 is 11.1 Å². The van der Waals surface area contributed by atoms with Crippen molar-refractivity contribution in [3.05, 3.63) is 35.4 Å². The third-order valence-electron chi connectivity index (χ3n) is 3.41. The lowest BCUT2D eigenvalue weighted by Crippen LogP contribution is -2.56. The fourth-order valence-corrected chi connectivity index (χ4v) is 2.03. The van der Waals surface area contributed by atoms with Crippen LogP contribution in [0.4, 0.5) is 0 Å². The molecule has 0 saturated carbocycles. The lowest BCUT2D eigenvalue weighted by molar-refractivity contribution is -0.129. The van der Waals surface area contributed by atoms with Crippen LogP contribution >= 0.6 is 0 Å². The molecule has 0 aliphatic carbocycles. The van der Waals surface area contributed by atoms with Crippen LogP contribution in [0.25, 0.3) is 0 Å². The summed E-state index contributed by atoms with van der Waals surface area (Å²) in [5.74, 6) is -0.0774. The van der Waals surface area contributed by atoms with E-state index in [2.05, 4.69) is 5.32 Å². The summed E-state index contributed by atoms with van der Waals surface area (Å²) in [5.41, 5.74) is 7.64. The van der Waals surface area contributed by atoms with Gasteiger partial charge in [-0.05, 0) is 25.3 Å². The second-order valence-electron chi connectivity index (χ2n) is 4.94. The summed E-state index contributed by atoms with van der Waals surface area (Å²) in [6.07, 6.45) is 1.18. The summed E-state index contributed by atoms with van der Waals surface area (Å²) in [5, 5.41) is 2.91. The lowest BCUT2D eigenvalue weighted by atomic mass is 9.90. The number of nitrogens with two attached hydrogens (primary N) is 1. The summed E-state index contributed by atoms with van der Waals surface area (Å²) < 4.78 is 5.23. The van der Waals surface area contributed by atoms with E-state index in [-0.39, 0.29) is 5.91 Å². The molecule has 1 aliphatic rings. The van der Waals surface area contributed by atoms with Crippen LogP contribution in [0.3, 0.4) is 0 Å². The van der Waals surface area contributed by atoms with Crippen LogP contribution in [-0.2, 0) is 16.1 Å². The summed E-state index contributed by atoms with van der Waals surface area (Å²) in [6, 6.07) is 8.11. The molecule has 1 fully saturated rings. The summed E-state index contributed by atoms with van der Waals surface area (Å²) >= 11 is 0. The molecule has 4 heteroatoms. The molecule has 98 valence electrons. The monoisotopic (exact) mass is 248 g/mol. The molecule has 2 rings (SSSR count). The normalized spacial score (nSPS) is 18.3. The van der Waals surface area contributed by atoms with Gasteiger partial charge in [0.15, 0.2) is 0 Å². The van der Waals surface area contributed by atoms with Crippen molar-refractivity contribution in [3.63, 3.8) is 0 Å². The number of amides is 1. The minimum atomic E-state index is -0.761. The maximum absolute atomic E-state index is 12.1. The Morgan fingerprint density at radius 3 is 2.56 bits per heavy atom. The molecule has 3 N–H and O–H groups in total. The minimum absolute atomic E-state index is 0.0774. The number of nitrogens with one attached hydrogen (secondary N) is 1. The maximum atomic E-state index is 12.1.